The minimum Gasteiger partial charge on any atom is -0.368 e. The smallest absolute Gasteiger partial charge is 0.253 e. The van der Waals surface area contributed by atoms with Crippen LogP contribution in [0.2, 0.25) is 0 Å². The molecule has 2 aliphatic heterocycles. The van der Waals surface area contributed by atoms with E-state index in [0.29, 0.717) is 0 Å². The Hall–Kier alpha value is -1.75. The van der Waals surface area contributed by atoms with Gasteiger partial charge in [0.15, 0.2) is 0 Å². The number of carbonyl (C=O) groups excluding carboxylic acids is 1. The monoisotopic (exact) mass is 407 g/mol. The summed E-state index contributed by atoms with van der Waals surface area (Å²) in [5.41, 5.74) is 7.37. The SMILES string of the molecule is Cc1cccc(N2CCN(C(=O)c3ccc4c(c3)CNC4)CC2)c1C.Cl.Cl. The highest BCUT2D eigenvalue weighted by molar-refractivity contribution is 5.94. The average molecular weight is 408 g/mol. The first-order chi connectivity index (χ1) is 12.1. The first-order valence-corrected chi connectivity index (χ1v) is 9.06. The molecule has 2 aromatic carbocycles. The van der Waals surface area contributed by atoms with Gasteiger partial charge in [0.2, 0.25) is 0 Å². The van der Waals surface area contributed by atoms with Crippen molar-refractivity contribution in [3.8, 4) is 0 Å². The van der Waals surface area contributed by atoms with E-state index in [4.69, 9.17) is 0 Å². The molecule has 0 atom stereocenters. The third-order valence-corrected chi connectivity index (χ3v) is 5.57. The van der Waals surface area contributed by atoms with Crippen LogP contribution in [-0.2, 0) is 13.1 Å². The highest BCUT2D eigenvalue weighted by Gasteiger charge is 2.24. The molecule has 4 rings (SSSR count). The molecule has 2 aliphatic rings. The van der Waals surface area contributed by atoms with E-state index in [1.807, 2.05) is 11.0 Å². The quantitative estimate of drug-likeness (QED) is 0.823. The average Bonchev–Trinajstić information content (AvgIpc) is 3.11. The summed E-state index contributed by atoms with van der Waals surface area (Å²) in [6.45, 7) is 9.46. The molecule has 0 aliphatic carbocycles. The maximum Gasteiger partial charge on any atom is 0.253 e. The molecule has 2 heterocycles. The third kappa shape index (κ3) is 4.23. The number of nitrogens with one attached hydrogen (secondary N) is 1. The van der Waals surface area contributed by atoms with Crippen molar-refractivity contribution in [1.29, 1.82) is 0 Å². The Kier molecular flexibility index (Phi) is 7.15. The van der Waals surface area contributed by atoms with Crippen LogP contribution in [0.5, 0.6) is 0 Å². The van der Waals surface area contributed by atoms with Crippen molar-refractivity contribution in [2.24, 2.45) is 0 Å². The molecular formula is C21H27Cl2N3O. The maximum atomic E-state index is 12.9. The Balaban J connectivity index is 0.00000131. The van der Waals surface area contributed by atoms with Crippen molar-refractivity contribution in [3.63, 3.8) is 0 Å². The molecule has 0 radical (unpaired) electrons. The fourth-order valence-electron chi connectivity index (χ4n) is 3.84. The Morgan fingerprint density at radius 1 is 0.926 bits per heavy atom. The van der Waals surface area contributed by atoms with Crippen molar-refractivity contribution < 1.29 is 4.79 Å². The zero-order chi connectivity index (χ0) is 17.4. The Bertz CT molecular complexity index is 817. The molecule has 146 valence electrons. The fourth-order valence-corrected chi connectivity index (χ4v) is 3.84. The highest BCUT2D eigenvalue weighted by atomic mass is 35.5. The summed E-state index contributed by atoms with van der Waals surface area (Å²) in [7, 11) is 0. The van der Waals surface area contributed by atoms with Crippen LogP contribution < -0.4 is 10.2 Å². The molecule has 0 unspecified atom stereocenters. The van der Waals surface area contributed by atoms with Crippen LogP contribution >= 0.6 is 24.8 Å². The van der Waals surface area contributed by atoms with Crippen LogP contribution in [0.1, 0.15) is 32.6 Å². The van der Waals surface area contributed by atoms with Gasteiger partial charge >= 0.3 is 0 Å². The minimum atomic E-state index is 0. The number of aryl methyl sites for hydroxylation is 1. The van der Waals surface area contributed by atoms with Crippen LogP contribution in [-0.4, -0.2) is 37.0 Å². The van der Waals surface area contributed by atoms with Gasteiger partial charge < -0.3 is 15.1 Å². The standard InChI is InChI=1S/C21H25N3O.2ClH/c1-15-4-3-5-20(16(15)2)23-8-10-24(11-9-23)21(25)17-6-7-18-13-22-14-19(18)12-17;;/h3-7,12,22H,8-11,13-14H2,1-2H3;2*1H. The van der Waals surface area contributed by atoms with Crippen molar-refractivity contribution in [3.05, 3.63) is 64.2 Å². The van der Waals surface area contributed by atoms with Crippen molar-refractivity contribution >= 4 is 36.4 Å². The van der Waals surface area contributed by atoms with Crippen molar-refractivity contribution in [2.45, 2.75) is 26.9 Å². The maximum absolute atomic E-state index is 12.9. The number of nitrogens with zero attached hydrogens (tertiary/aromatic N) is 2. The number of rotatable bonds is 2. The summed E-state index contributed by atoms with van der Waals surface area (Å²) in [5, 5.41) is 3.34. The van der Waals surface area contributed by atoms with E-state index in [9.17, 15) is 4.79 Å². The van der Waals surface area contributed by atoms with Crippen LogP contribution in [0.25, 0.3) is 0 Å². The molecule has 0 saturated carbocycles. The molecule has 0 aromatic heterocycles. The second-order valence-electron chi connectivity index (χ2n) is 7.09. The summed E-state index contributed by atoms with van der Waals surface area (Å²) >= 11 is 0. The summed E-state index contributed by atoms with van der Waals surface area (Å²) in [5.74, 6) is 0.162. The van der Waals surface area contributed by atoms with Gasteiger partial charge in [-0.2, -0.15) is 0 Å². The number of piperazine rings is 1. The van der Waals surface area contributed by atoms with E-state index >= 15 is 0 Å². The van der Waals surface area contributed by atoms with E-state index in [2.05, 4.69) is 54.4 Å². The molecule has 27 heavy (non-hydrogen) atoms. The van der Waals surface area contributed by atoms with E-state index < -0.39 is 0 Å². The molecular weight excluding hydrogens is 381 g/mol. The number of carbonyl (C=O) groups is 1. The number of halogens is 2. The number of hydrogen-bond acceptors (Lipinski definition) is 3. The van der Waals surface area contributed by atoms with Gasteiger partial charge in [0.1, 0.15) is 0 Å². The van der Waals surface area contributed by atoms with Crippen molar-refractivity contribution in [2.75, 3.05) is 31.1 Å². The summed E-state index contributed by atoms with van der Waals surface area (Å²) in [4.78, 5) is 17.2. The zero-order valence-corrected chi connectivity index (χ0v) is 17.5. The number of anilines is 1. The molecule has 4 nitrogen and oxygen atoms in total. The minimum absolute atomic E-state index is 0. The van der Waals surface area contributed by atoms with Crippen LogP contribution in [0.15, 0.2) is 36.4 Å². The Morgan fingerprint density at radius 2 is 1.63 bits per heavy atom. The Labute approximate surface area is 173 Å². The van der Waals surface area contributed by atoms with Gasteiger partial charge in [-0.1, -0.05) is 18.2 Å². The fraction of sp³-hybridized carbons (Fsp3) is 0.381. The summed E-state index contributed by atoms with van der Waals surface area (Å²) in [6, 6.07) is 12.6. The van der Waals surface area contributed by atoms with Gasteiger partial charge in [0.25, 0.3) is 5.91 Å². The van der Waals surface area contributed by atoms with Gasteiger partial charge in [0.05, 0.1) is 0 Å². The van der Waals surface area contributed by atoms with Crippen LogP contribution in [0.4, 0.5) is 5.69 Å². The Morgan fingerprint density at radius 3 is 2.37 bits per heavy atom. The van der Waals surface area contributed by atoms with E-state index in [0.717, 1.165) is 44.8 Å². The number of benzene rings is 2. The normalized spacial score (nSPS) is 15.6. The first-order valence-electron chi connectivity index (χ1n) is 9.06. The van der Waals surface area contributed by atoms with E-state index in [-0.39, 0.29) is 30.7 Å². The number of hydrogen-bond donors (Lipinski definition) is 1. The molecule has 0 spiro atoms. The van der Waals surface area contributed by atoms with Gasteiger partial charge in [-0.3, -0.25) is 4.79 Å². The lowest BCUT2D eigenvalue weighted by Gasteiger charge is -2.37. The van der Waals surface area contributed by atoms with Gasteiger partial charge in [-0.05, 0) is 54.3 Å². The summed E-state index contributed by atoms with van der Waals surface area (Å²) in [6.07, 6.45) is 0. The molecule has 1 saturated heterocycles. The molecule has 1 N–H and O–H groups in total. The van der Waals surface area contributed by atoms with Crippen molar-refractivity contribution in [1.82, 2.24) is 10.2 Å². The predicted molar refractivity (Wildman–Crippen MR) is 116 cm³/mol. The van der Waals surface area contributed by atoms with E-state index in [1.54, 1.807) is 0 Å². The highest BCUT2D eigenvalue weighted by Crippen LogP contribution is 2.24. The first kappa shape index (κ1) is 21.5. The second-order valence-corrected chi connectivity index (χ2v) is 7.09. The van der Waals surface area contributed by atoms with Crippen LogP contribution in [0.3, 0.4) is 0 Å². The predicted octanol–water partition coefficient (Wildman–Crippen LogP) is 3.71. The summed E-state index contributed by atoms with van der Waals surface area (Å²) < 4.78 is 0. The molecule has 1 amide bonds. The topological polar surface area (TPSA) is 35.6 Å². The van der Waals surface area contributed by atoms with Crippen LogP contribution in [0, 0.1) is 13.8 Å². The largest absolute Gasteiger partial charge is 0.368 e. The van der Waals surface area contributed by atoms with Gasteiger partial charge in [-0.25, -0.2) is 0 Å². The number of fused-ring (bicyclic) bond motifs is 1. The molecule has 0 bridgehead atoms. The lowest BCUT2D eigenvalue weighted by Crippen LogP contribution is -2.49. The second kappa shape index (κ2) is 8.96. The lowest BCUT2D eigenvalue weighted by atomic mass is 10.0. The van der Waals surface area contributed by atoms with E-state index in [1.165, 1.54) is 27.9 Å². The number of amides is 1. The van der Waals surface area contributed by atoms with Gasteiger partial charge in [-0.15, -0.1) is 24.8 Å². The molecule has 6 heteroatoms. The molecule has 1 fully saturated rings. The zero-order valence-electron chi connectivity index (χ0n) is 15.8. The van der Waals surface area contributed by atoms with Gasteiger partial charge in [0, 0.05) is 50.5 Å². The lowest BCUT2D eigenvalue weighted by molar-refractivity contribution is 0.0746. The molecule has 2 aromatic rings. The third-order valence-electron chi connectivity index (χ3n) is 5.57.